The molecule has 1 heteroatoms. The first-order valence-corrected chi connectivity index (χ1v) is 7.67. The van der Waals surface area contributed by atoms with Gasteiger partial charge < -0.3 is 4.48 Å². The second kappa shape index (κ2) is 4.70. The molecule has 3 rings (SSSR count). The Balaban J connectivity index is 2.03. The predicted octanol–water partition coefficient (Wildman–Crippen LogP) is 4.09. The van der Waals surface area contributed by atoms with E-state index in [9.17, 15) is 0 Å². The lowest BCUT2D eigenvalue weighted by Gasteiger charge is -2.51. The molecule has 0 spiro atoms. The Labute approximate surface area is 111 Å². The van der Waals surface area contributed by atoms with Crippen LogP contribution in [-0.2, 0) is 5.54 Å². The molecule has 2 aliphatic rings. The van der Waals surface area contributed by atoms with Crippen LogP contribution in [0.25, 0.3) is 0 Å². The monoisotopic (exact) mass is 244 g/mol. The van der Waals surface area contributed by atoms with Crippen LogP contribution in [0.2, 0.25) is 0 Å². The van der Waals surface area contributed by atoms with Gasteiger partial charge in [-0.3, -0.25) is 0 Å². The molecule has 0 atom stereocenters. The van der Waals surface area contributed by atoms with E-state index < -0.39 is 0 Å². The Kier molecular flexibility index (Phi) is 3.19. The van der Waals surface area contributed by atoms with E-state index in [4.69, 9.17) is 0 Å². The summed E-state index contributed by atoms with van der Waals surface area (Å²) in [6, 6.07) is 11.4. The minimum Gasteiger partial charge on any atom is -0.317 e. The van der Waals surface area contributed by atoms with Gasteiger partial charge in [-0.05, 0) is 12.8 Å². The average molecular weight is 244 g/mol. The quantitative estimate of drug-likeness (QED) is 0.687. The van der Waals surface area contributed by atoms with Gasteiger partial charge in [0, 0.05) is 31.2 Å². The Morgan fingerprint density at radius 3 is 2.06 bits per heavy atom. The topological polar surface area (TPSA) is 0 Å². The van der Waals surface area contributed by atoms with Gasteiger partial charge in [0.1, 0.15) is 5.54 Å². The summed E-state index contributed by atoms with van der Waals surface area (Å²) in [5, 5.41) is 0. The highest BCUT2D eigenvalue weighted by atomic mass is 15.4. The summed E-state index contributed by atoms with van der Waals surface area (Å²) >= 11 is 0. The van der Waals surface area contributed by atoms with Crippen molar-refractivity contribution in [2.75, 3.05) is 20.1 Å². The molecular weight excluding hydrogens is 218 g/mol. The number of nitrogens with zero attached hydrogens (tertiary/aromatic N) is 1. The van der Waals surface area contributed by atoms with Gasteiger partial charge in [0.25, 0.3) is 0 Å². The fourth-order valence-electron chi connectivity index (χ4n) is 4.49. The normalized spacial score (nSPS) is 26.1. The Bertz CT molecular complexity index is 383. The third-order valence-electron chi connectivity index (χ3n) is 5.58. The van der Waals surface area contributed by atoms with Crippen molar-refractivity contribution in [1.29, 1.82) is 0 Å². The van der Waals surface area contributed by atoms with Crippen molar-refractivity contribution in [3.63, 3.8) is 0 Å². The second-order valence-corrected chi connectivity index (χ2v) is 6.51. The predicted molar refractivity (Wildman–Crippen MR) is 76.4 cm³/mol. The lowest BCUT2D eigenvalue weighted by molar-refractivity contribution is -0.958. The van der Waals surface area contributed by atoms with E-state index in [1.807, 2.05) is 0 Å². The highest BCUT2D eigenvalue weighted by Gasteiger charge is 2.50. The zero-order valence-electron chi connectivity index (χ0n) is 11.7. The number of rotatable bonds is 2. The summed E-state index contributed by atoms with van der Waals surface area (Å²) in [7, 11) is 2.52. The van der Waals surface area contributed by atoms with Crippen LogP contribution in [0, 0.1) is 0 Å². The fourth-order valence-corrected chi connectivity index (χ4v) is 4.49. The smallest absolute Gasteiger partial charge is 0.125 e. The van der Waals surface area contributed by atoms with Gasteiger partial charge >= 0.3 is 0 Å². The fraction of sp³-hybridized carbons (Fsp3) is 0.647. The standard InChI is InChI=1S/C17H26N/c1-18(14-8-9-15-18)17(12-6-3-7-13-17)16-10-4-2-5-11-16/h2,4-5,10-11H,3,6-9,12-15H2,1H3/q+1. The lowest BCUT2D eigenvalue weighted by atomic mass is 9.74. The maximum Gasteiger partial charge on any atom is 0.125 e. The van der Waals surface area contributed by atoms with Crippen LogP contribution in [0.5, 0.6) is 0 Å². The number of likely N-dealkylation sites (tertiary alicyclic amines) is 1. The Morgan fingerprint density at radius 1 is 0.833 bits per heavy atom. The highest BCUT2D eigenvalue weighted by Crippen LogP contribution is 2.47. The molecule has 18 heavy (non-hydrogen) atoms. The third-order valence-corrected chi connectivity index (χ3v) is 5.58. The first kappa shape index (κ1) is 12.2. The van der Waals surface area contributed by atoms with Gasteiger partial charge in [-0.25, -0.2) is 0 Å². The Morgan fingerprint density at radius 2 is 1.44 bits per heavy atom. The van der Waals surface area contributed by atoms with Crippen molar-refractivity contribution in [3.8, 4) is 0 Å². The minimum atomic E-state index is 0.427. The molecule has 0 unspecified atom stereocenters. The Hall–Kier alpha value is -0.820. The zero-order valence-corrected chi connectivity index (χ0v) is 11.7. The maximum atomic E-state index is 2.52. The van der Waals surface area contributed by atoms with Crippen molar-refractivity contribution in [1.82, 2.24) is 0 Å². The van der Waals surface area contributed by atoms with Gasteiger partial charge in [0.05, 0.1) is 20.1 Å². The number of benzene rings is 1. The summed E-state index contributed by atoms with van der Waals surface area (Å²) < 4.78 is 1.30. The molecule has 0 aromatic heterocycles. The molecule has 0 N–H and O–H groups in total. The van der Waals surface area contributed by atoms with Gasteiger partial charge in [-0.15, -0.1) is 0 Å². The summed E-state index contributed by atoms with van der Waals surface area (Å²) in [5.41, 5.74) is 2.03. The largest absolute Gasteiger partial charge is 0.317 e. The molecule has 1 aliphatic heterocycles. The molecular formula is C17H26N+. The molecule has 1 aromatic carbocycles. The van der Waals surface area contributed by atoms with E-state index in [2.05, 4.69) is 37.4 Å². The van der Waals surface area contributed by atoms with Crippen molar-refractivity contribution >= 4 is 0 Å². The summed E-state index contributed by atoms with van der Waals surface area (Å²) in [5.74, 6) is 0. The minimum absolute atomic E-state index is 0.427. The van der Waals surface area contributed by atoms with E-state index in [0.29, 0.717) is 5.54 Å². The number of quaternary nitrogens is 1. The molecule has 1 saturated carbocycles. The van der Waals surface area contributed by atoms with Crippen LogP contribution < -0.4 is 0 Å². The van der Waals surface area contributed by atoms with Gasteiger partial charge in [-0.1, -0.05) is 36.8 Å². The van der Waals surface area contributed by atoms with Gasteiger partial charge in [0.2, 0.25) is 0 Å². The van der Waals surface area contributed by atoms with Crippen LogP contribution in [0.4, 0.5) is 0 Å². The number of hydrogen-bond acceptors (Lipinski definition) is 0. The molecule has 0 amide bonds. The summed E-state index contributed by atoms with van der Waals surface area (Å²) in [4.78, 5) is 0. The van der Waals surface area contributed by atoms with Crippen LogP contribution in [0.15, 0.2) is 30.3 Å². The SMILES string of the molecule is C[N+]1(C2(c3ccccc3)CCCCC2)CCCC1. The van der Waals surface area contributed by atoms with E-state index in [-0.39, 0.29) is 0 Å². The van der Waals surface area contributed by atoms with Crippen molar-refractivity contribution < 1.29 is 4.48 Å². The molecule has 1 saturated heterocycles. The molecule has 2 fully saturated rings. The first-order chi connectivity index (χ1) is 8.77. The summed E-state index contributed by atoms with van der Waals surface area (Å²) in [6.45, 7) is 2.77. The molecule has 0 bridgehead atoms. The van der Waals surface area contributed by atoms with E-state index in [1.54, 1.807) is 5.56 Å². The molecule has 0 radical (unpaired) electrons. The number of hydrogen-bond donors (Lipinski definition) is 0. The van der Waals surface area contributed by atoms with Crippen molar-refractivity contribution in [2.24, 2.45) is 0 Å². The first-order valence-electron chi connectivity index (χ1n) is 7.67. The van der Waals surface area contributed by atoms with Crippen LogP contribution in [-0.4, -0.2) is 24.6 Å². The van der Waals surface area contributed by atoms with E-state index >= 15 is 0 Å². The third kappa shape index (κ3) is 1.80. The molecule has 98 valence electrons. The van der Waals surface area contributed by atoms with Crippen molar-refractivity contribution in [2.45, 2.75) is 50.5 Å². The maximum absolute atomic E-state index is 2.52. The van der Waals surface area contributed by atoms with Gasteiger partial charge in [-0.2, -0.15) is 0 Å². The highest BCUT2D eigenvalue weighted by molar-refractivity contribution is 5.23. The van der Waals surface area contributed by atoms with Crippen LogP contribution >= 0.6 is 0 Å². The zero-order chi connectivity index (χ0) is 12.5. The second-order valence-electron chi connectivity index (χ2n) is 6.51. The van der Waals surface area contributed by atoms with E-state index in [0.717, 1.165) is 0 Å². The average Bonchev–Trinajstić information content (AvgIpc) is 2.89. The van der Waals surface area contributed by atoms with E-state index in [1.165, 1.54) is 62.5 Å². The lowest BCUT2D eigenvalue weighted by Crippen LogP contribution is -2.59. The molecule has 1 heterocycles. The molecule has 1 nitrogen and oxygen atoms in total. The summed E-state index contributed by atoms with van der Waals surface area (Å²) in [6.07, 6.45) is 9.91. The molecule has 1 aromatic rings. The van der Waals surface area contributed by atoms with Crippen LogP contribution in [0.3, 0.4) is 0 Å². The van der Waals surface area contributed by atoms with Crippen molar-refractivity contribution in [3.05, 3.63) is 35.9 Å². The van der Waals surface area contributed by atoms with Gasteiger partial charge in [0.15, 0.2) is 0 Å². The van der Waals surface area contributed by atoms with Crippen LogP contribution in [0.1, 0.15) is 50.5 Å². The molecule has 1 aliphatic carbocycles.